The monoisotopic (exact) mass is 582 g/mol. The molecule has 0 radical (unpaired) electrons. The van der Waals surface area contributed by atoms with Crippen LogP contribution in [-0.2, 0) is 33.3 Å². The average molecular weight is 583 g/mol. The first kappa shape index (κ1) is 30.9. The highest BCUT2D eigenvalue weighted by Crippen LogP contribution is 2.54. The molecule has 1 aromatic carbocycles. The highest BCUT2D eigenvalue weighted by molar-refractivity contribution is 5.91. The molecule has 41 heavy (non-hydrogen) atoms. The largest absolute Gasteiger partial charge is 0.497 e. The molecular formula is C27H34O14. The molecule has 2 heterocycles. The van der Waals surface area contributed by atoms with Gasteiger partial charge in [0.2, 0.25) is 6.29 Å². The Balaban J connectivity index is 1.64. The molecule has 6 N–H and O–H groups in total. The van der Waals surface area contributed by atoms with E-state index in [0.717, 1.165) is 19.4 Å². The molecule has 2 fully saturated rings. The normalized spacial score (nSPS) is 38.5. The van der Waals surface area contributed by atoms with Crippen LogP contribution in [0.2, 0.25) is 0 Å². The van der Waals surface area contributed by atoms with Crippen molar-refractivity contribution in [3.63, 3.8) is 0 Å². The van der Waals surface area contributed by atoms with Crippen molar-refractivity contribution in [3.8, 4) is 5.75 Å². The number of rotatable bonds is 8. The predicted molar refractivity (Wildman–Crippen MR) is 135 cm³/mol. The van der Waals surface area contributed by atoms with Crippen molar-refractivity contribution in [2.75, 3.05) is 20.8 Å². The Morgan fingerprint density at radius 1 is 1.05 bits per heavy atom. The molecule has 4 rings (SSSR count). The second-order valence-corrected chi connectivity index (χ2v) is 10.2. The number of ether oxygens (including phenoxy) is 6. The van der Waals surface area contributed by atoms with Crippen LogP contribution in [0.4, 0.5) is 0 Å². The van der Waals surface area contributed by atoms with Gasteiger partial charge >= 0.3 is 11.9 Å². The number of benzene rings is 1. The number of hydrogen-bond donors (Lipinski definition) is 6. The number of carbonyl (C=O) groups is 2. The number of fused-ring (bicyclic) bond motifs is 1. The molecule has 1 aromatic rings. The lowest BCUT2D eigenvalue weighted by Crippen LogP contribution is -2.62. The van der Waals surface area contributed by atoms with Gasteiger partial charge < -0.3 is 59.1 Å². The summed E-state index contributed by atoms with van der Waals surface area (Å²) in [6.07, 6.45) is -8.57. The summed E-state index contributed by atoms with van der Waals surface area (Å²) in [6, 6.07) is 6.77. The Bertz CT molecular complexity index is 1170. The molecule has 1 saturated carbocycles. The van der Waals surface area contributed by atoms with Gasteiger partial charge in [-0.15, -0.1) is 0 Å². The number of methoxy groups -OCH3 is 2. The predicted octanol–water partition coefficient (Wildman–Crippen LogP) is -1.65. The quantitative estimate of drug-likeness (QED) is 0.150. The van der Waals surface area contributed by atoms with Crippen LogP contribution in [0.25, 0.3) is 6.08 Å². The molecule has 0 unspecified atom stereocenters. The second kappa shape index (κ2) is 12.0. The molecule has 3 aliphatic rings. The molecule has 0 bridgehead atoms. The van der Waals surface area contributed by atoms with Crippen LogP contribution < -0.4 is 4.74 Å². The summed E-state index contributed by atoms with van der Waals surface area (Å²) in [5.74, 6) is -2.78. The number of carbonyl (C=O) groups excluding carboxylic acids is 2. The Labute approximate surface area is 234 Å². The standard InChI is InChI=1S/C27H34O14/c1-26(41-18(30)9-6-13-4-7-14(36-2)8-5-13)17(29)10-27(35)15(23(34)37-3)12-38-25(22(26)27)40-24-21(33)20(32)19(31)16(11-28)39-24/h4-9,12,16-17,19-22,24-25,28-29,31-33,35H,10-11H2,1-3H3/b9-6+/t16-,17+,19-,20+,21-,22-,24+,25+,26+,27+/m1/s1. The van der Waals surface area contributed by atoms with Gasteiger partial charge in [-0.1, -0.05) is 12.1 Å². The van der Waals surface area contributed by atoms with Gasteiger partial charge in [-0.3, -0.25) is 0 Å². The highest BCUT2D eigenvalue weighted by atomic mass is 16.8. The minimum absolute atomic E-state index is 0.383. The van der Waals surface area contributed by atoms with Gasteiger partial charge in [-0.25, -0.2) is 9.59 Å². The Morgan fingerprint density at radius 3 is 2.34 bits per heavy atom. The van der Waals surface area contributed by atoms with Crippen molar-refractivity contribution >= 4 is 18.0 Å². The molecule has 1 aliphatic carbocycles. The van der Waals surface area contributed by atoms with E-state index in [0.29, 0.717) is 11.3 Å². The maximum absolute atomic E-state index is 12.9. The third kappa shape index (κ3) is 5.69. The molecule has 0 amide bonds. The molecule has 10 atom stereocenters. The van der Waals surface area contributed by atoms with E-state index in [1.54, 1.807) is 24.3 Å². The second-order valence-electron chi connectivity index (χ2n) is 10.2. The first-order valence-electron chi connectivity index (χ1n) is 12.8. The Kier molecular flexibility index (Phi) is 9.06. The fourth-order valence-corrected chi connectivity index (χ4v) is 5.41. The molecule has 14 nitrogen and oxygen atoms in total. The maximum Gasteiger partial charge on any atom is 0.339 e. The van der Waals surface area contributed by atoms with Crippen LogP contribution in [0.1, 0.15) is 18.9 Å². The SMILES string of the molecule is COC(=O)C1=CO[C@@H](O[C@@H]2O[C@H](CO)[C@@H](O)[C@H](O)[C@H]2O)[C@@H]2[C@@](C)(OC(=O)/C=C/c3ccc(OC)cc3)[C@@H](O)C[C@]12O. The first-order chi connectivity index (χ1) is 19.4. The van der Waals surface area contributed by atoms with Crippen LogP contribution in [0.15, 0.2) is 42.2 Å². The zero-order valence-corrected chi connectivity index (χ0v) is 22.5. The van der Waals surface area contributed by atoms with Gasteiger partial charge in [0.25, 0.3) is 0 Å². The first-order valence-corrected chi connectivity index (χ1v) is 12.8. The van der Waals surface area contributed by atoms with Gasteiger partial charge in [0.05, 0.1) is 39.1 Å². The fraction of sp³-hybridized carbons (Fsp3) is 0.556. The van der Waals surface area contributed by atoms with Crippen molar-refractivity contribution in [2.24, 2.45) is 5.92 Å². The van der Waals surface area contributed by atoms with Gasteiger partial charge in [-0.05, 0) is 30.7 Å². The van der Waals surface area contributed by atoms with Crippen LogP contribution in [0, 0.1) is 5.92 Å². The van der Waals surface area contributed by atoms with E-state index in [1.807, 2.05) is 0 Å². The number of aliphatic hydroxyl groups is 6. The van der Waals surface area contributed by atoms with Gasteiger partial charge in [0.1, 0.15) is 46.9 Å². The summed E-state index contributed by atoms with van der Waals surface area (Å²) in [4.78, 5) is 25.5. The molecule has 14 heteroatoms. The summed E-state index contributed by atoms with van der Waals surface area (Å²) in [6.45, 7) is 0.581. The number of hydrogen-bond acceptors (Lipinski definition) is 14. The van der Waals surface area contributed by atoms with Crippen LogP contribution in [-0.4, -0.2) is 118 Å². The van der Waals surface area contributed by atoms with Crippen LogP contribution in [0.5, 0.6) is 5.75 Å². The minimum Gasteiger partial charge on any atom is -0.497 e. The van der Waals surface area contributed by atoms with Gasteiger partial charge in [0.15, 0.2) is 6.29 Å². The number of esters is 2. The molecule has 226 valence electrons. The van der Waals surface area contributed by atoms with E-state index >= 15 is 0 Å². The van der Waals surface area contributed by atoms with Crippen molar-refractivity contribution in [1.29, 1.82) is 0 Å². The highest BCUT2D eigenvalue weighted by Gasteiger charge is 2.70. The van der Waals surface area contributed by atoms with E-state index in [9.17, 15) is 40.2 Å². The third-order valence-corrected chi connectivity index (χ3v) is 7.73. The topological polar surface area (TPSA) is 211 Å². The number of aliphatic hydroxyl groups excluding tert-OH is 5. The maximum atomic E-state index is 12.9. The summed E-state index contributed by atoms with van der Waals surface area (Å²) in [5, 5.41) is 63.1. The van der Waals surface area contributed by atoms with E-state index in [-0.39, 0.29) is 5.57 Å². The fourth-order valence-electron chi connectivity index (χ4n) is 5.41. The summed E-state index contributed by atoms with van der Waals surface area (Å²) < 4.78 is 32.2. The van der Waals surface area contributed by atoms with E-state index in [2.05, 4.69) is 0 Å². The lowest BCUT2D eigenvalue weighted by atomic mass is 9.77. The molecule has 2 aliphatic heterocycles. The molecule has 1 saturated heterocycles. The van der Waals surface area contributed by atoms with E-state index < -0.39 is 85.2 Å². The molecular weight excluding hydrogens is 548 g/mol. The van der Waals surface area contributed by atoms with Crippen molar-refractivity contribution in [2.45, 2.75) is 67.6 Å². The third-order valence-electron chi connectivity index (χ3n) is 7.73. The van der Waals surface area contributed by atoms with E-state index in [4.69, 9.17) is 28.4 Å². The summed E-state index contributed by atoms with van der Waals surface area (Å²) in [5.41, 5.74) is -3.90. The zero-order chi connectivity index (χ0) is 30.1. The van der Waals surface area contributed by atoms with Gasteiger partial charge in [-0.2, -0.15) is 0 Å². The van der Waals surface area contributed by atoms with Crippen molar-refractivity contribution in [3.05, 3.63) is 47.7 Å². The van der Waals surface area contributed by atoms with Crippen molar-refractivity contribution < 1.29 is 68.6 Å². The Hall–Kier alpha value is -3.08. The minimum atomic E-state index is -2.21. The Morgan fingerprint density at radius 2 is 1.73 bits per heavy atom. The molecule has 0 spiro atoms. The van der Waals surface area contributed by atoms with Crippen LogP contribution in [0.3, 0.4) is 0 Å². The summed E-state index contributed by atoms with van der Waals surface area (Å²) >= 11 is 0. The lowest BCUT2D eigenvalue weighted by molar-refractivity contribution is -0.352. The summed E-state index contributed by atoms with van der Waals surface area (Å²) in [7, 11) is 2.59. The van der Waals surface area contributed by atoms with Crippen LogP contribution >= 0.6 is 0 Å². The smallest absolute Gasteiger partial charge is 0.339 e. The van der Waals surface area contributed by atoms with Crippen molar-refractivity contribution in [1.82, 2.24) is 0 Å². The zero-order valence-electron chi connectivity index (χ0n) is 22.5. The van der Waals surface area contributed by atoms with E-state index in [1.165, 1.54) is 20.1 Å². The lowest BCUT2D eigenvalue weighted by Gasteiger charge is -2.46. The molecule has 0 aromatic heterocycles. The van der Waals surface area contributed by atoms with Gasteiger partial charge in [0, 0.05) is 12.5 Å². The average Bonchev–Trinajstić information content (AvgIpc) is 3.16.